The lowest BCUT2D eigenvalue weighted by molar-refractivity contribution is -0.129. The van der Waals surface area contributed by atoms with Gasteiger partial charge in [0.2, 0.25) is 5.91 Å². The van der Waals surface area contributed by atoms with E-state index in [0.717, 1.165) is 76.8 Å². The molecule has 2 aliphatic heterocycles. The third kappa shape index (κ3) is 6.10. The van der Waals surface area contributed by atoms with Gasteiger partial charge in [-0.05, 0) is 76.0 Å². The predicted molar refractivity (Wildman–Crippen MR) is 131 cm³/mol. The molecule has 0 spiro atoms. The molecule has 1 unspecified atom stereocenters. The van der Waals surface area contributed by atoms with Crippen LogP contribution in [0.2, 0.25) is 5.02 Å². The van der Waals surface area contributed by atoms with Crippen LogP contribution >= 0.6 is 11.6 Å². The summed E-state index contributed by atoms with van der Waals surface area (Å²) in [5, 5.41) is 3.71. The standard InChI is InChI=1S/C27H40ClFN2O2/c1-25(2)18-21(10-17-33-25)19-31-15-13-26(29,14-16-31)20-30-24(32)27(11-4-3-5-12-27)22-6-8-23(28)9-7-22/h6-9,21H,3-5,10-20H2,1-2H3,(H,30,32). The van der Waals surface area contributed by atoms with Gasteiger partial charge < -0.3 is 15.0 Å². The first kappa shape index (κ1) is 24.9. The Labute approximate surface area is 203 Å². The summed E-state index contributed by atoms with van der Waals surface area (Å²) >= 11 is 6.08. The first-order chi connectivity index (χ1) is 15.7. The maximum atomic E-state index is 15.7. The molecule has 0 bridgehead atoms. The van der Waals surface area contributed by atoms with Gasteiger partial charge in [0.1, 0.15) is 5.67 Å². The molecule has 1 aromatic rings. The normalized spacial score (nSPS) is 27.1. The van der Waals surface area contributed by atoms with Crippen LogP contribution in [0.5, 0.6) is 0 Å². The first-order valence-corrected chi connectivity index (χ1v) is 13.2. The van der Waals surface area contributed by atoms with E-state index in [1.165, 1.54) is 0 Å². The number of piperidine rings is 1. The highest BCUT2D eigenvalue weighted by Gasteiger charge is 2.43. The van der Waals surface area contributed by atoms with E-state index < -0.39 is 11.1 Å². The lowest BCUT2D eigenvalue weighted by atomic mass is 9.68. The van der Waals surface area contributed by atoms with Gasteiger partial charge >= 0.3 is 0 Å². The molecule has 1 atom stereocenters. The van der Waals surface area contributed by atoms with Crippen molar-refractivity contribution in [2.24, 2.45) is 5.92 Å². The fourth-order valence-corrected chi connectivity index (χ4v) is 6.30. The number of hydrogen-bond acceptors (Lipinski definition) is 3. The van der Waals surface area contributed by atoms with Crippen molar-refractivity contribution in [3.8, 4) is 0 Å². The van der Waals surface area contributed by atoms with Crippen LogP contribution in [0.15, 0.2) is 24.3 Å². The number of nitrogens with zero attached hydrogens (tertiary/aromatic N) is 1. The fourth-order valence-electron chi connectivity index (χ4n) is 6.17. The van der Waals surface area contributed by atoms with Crippen LogP contribution in [-0.4, -0.2) is 54.9 Å². The minimum atomic E-state index is -1.32. The Balaban J connectivity index is 1.31. The molecule has 1 aliphatic carbocycles. The van der Waals surface area contributed by atoms with E-state index in [1.54, 1.807) is 0 Å². The quantitative estimate of drug-likeness (QED) is 0.573. The SMILES string of the molecule is CC1(C)CC(CN2CCC(F)(CNC(=O)C3(c4ccc(Cl)cc4)CCCCC3)CC2)CCO1. The smallest absolute Gasteiger partial charge is 0.230 e. The molecule has 0 aromatic heterocycles. The van der Waals surface area contributed by atoms with E-state index in [-0.39, 0.29) is 18.1 Å². The van der Waals surface area contributed by atoms with Gasteiger partial charge in [0.25, 0.3) is 0 Å². The maximum absolute atomic E-state index is 15.7. The number of nitrogens with one attached hydrogen (secondary N) is 1. The van der Waals surface area contributed by atoms with Gasteiger partial charge in [0.05, 0.1) is 17.6 Å². The molecule has 6 heteroatoms. The lowest BCUT2D eigenvalue weighted by Crippen LogP contribution is -2.53. The Bertz CT molecular complexity index is 799. The molecule has 1 N–H and O–H groups in total. The number of ether oxygens (including phenoxy) is 1. The second-order valence-electron chi connectivity index (χ2n) is 11.3. The summed E-state index contributed by atoms with van der Waals surface area (Å²) in [7, 11) is 0. The Morgan fingerprint density at radius 3 is 2.42 bits per heavy atom. The van der Waals surface area contributed by atoms with Crippen LogP contribution in [-0.2, 0) is 14.9 Å². The Morgan fingerprint density at radius 1 is 1.12 bits per heavy atom. The highest BCUT2D eigenvalue weighted by molar-refractivity contribution is 6.30. The van der Waals surface area contributed by atoms with E-state index in [2.05, 4.69) is 24.1 Å². The average Bonchev–Trinajstić information content (AvgIpc) is 2.79. The third-order valence-electron chi connectivity index (χ3n) is 8.17. The van der Waals surface area contributed by atoms with Crippen molar-refractivity contribution in [2.75, 3.05) is 32.8 Å². The molecule has 4 rings (SSSR count). The van der Waals surface area contributed by atoms with Gasteiger partial charge in [0, 0.05) is 31.3 Å². The molecule has 1 saturated carbocycles. The van der Waals surface area contributed by atoms with Crippen molar-refractivity contribution >= 4 is 17.5 Å². The molecule has 3 aliphatic rings. The van der Waals surface area contributed by atoms with Crippen molar-refractivity contribution < 1.29 is 13.9 Å². The number of benzene rings is 1. The first-order valence-electron chi connectivity index (χ1n) is 12.8. The summed E-state index contributed by atoms with van der Waals surface area (Å²) in [5.41, 5.74) is -0.926. The second-order valence-corrected chi connectivity index (χ2v) is 11.7. The monoisotopic (exact) mass is 478 g/mol. The average molecular weight is 479 g/mol. The van der Waals surface area contributed by atoms with Crippen LogP contribution in [0.1, 0.15) is 77.2 Å². The zero-order valence-corrected chi connectivity index (χ0v) is 21.1. The highest BCUT2D eigenvalue weighted by atomic mass is 35.5. The third-order valence-corrected chi connectivity index (χ3v) is 8.42. The molecule has 2 heterocycles. The number of likely N-dealkylation sites (tertiary alicyclic amines) is 1. The number of rotatable bonds is 6. The molecule has 1 aromatic carbocycles. The minimum absolute atomic E-state index is 0.0200. The predicted octanol–water partition coefficient (Wildman–Crippen LogP) is 5.67. The number of amides is 1. The van der Waals surface area contributed by atoms with E-state index in [9.17, 15) is 4.79 Å². The van der Waals surface area contributed by atoms with Crippen molar-refractivity contribution in [3.05, 3.63) is 34.9 Å². The zero-order chi connectivity index (χ0) is 23.5. The maximum Gasteiger partial charge on any atom is 0.230 e. The molecule has 3 fully saturated rings. The summed E-state index contributed by atoms with van der Waals surface area (Å²) in [4.78, 5) is 15.9. The van der Waals surface area contributed by atoms with Gasteiger partial charge in [-0.3, -0.25) is 4.79 Å². The van der Waals surface area contributed by atoms with Crippen LogP contribution < -0.4 is 5.32 Å². The Morgan fingerprint density at radius 2 is 1.79 bits per heavy atom. The lowest BCUT2D eigenvalue weighted by Gasteiger charge is -2.42. The number of alkyl halides is 1. The molecular weight excluding hydrogens is 439 g/mol. The van der Waals surface area contributed by atoms with Gasteiger partial charge in [-0.15, -0.1) is 0 Å². The Hall–Kier alpha value is -1.17. The summed E-state index contributed by atoms with van der Waals surface area (Å²) in [6.07, 6.45) is 7.93. The number of carbonyl (C=O) groups excluding carboxylic acids is 1. The van der Waals surface area contributed by atoms with Gasteiger partial charge in [-0.25, -0.2) is 4.39 Å². The second kappa shape index (κ2) is 10.2. The molecule has 0 radical (unpaired) electrons. The summed E-state index contributed by atoms with van der Waals surface area (Å²) in [5.74, 6) is 0.597. The van der Waals surface area contributed by atoms with Crippen molar-refractivity contribution in [3.63, 3.8) is 0 Å². The van der Waals surface area contributed by atoms with E-state index >= 15 is 4.39 Å². The van der Waals surface area contributed by atoms with Crippen LogP contribution in [0.4, 0.5) is 4.39 Å². The molecule has 33 heavy (non-hydrogen) atoms. The number of halogens is 2. The van der Waals surface area contributed by atoms with Crippen molar-refractivity contribution in [2.45, 2.75) is 88.3 Å². The van der Waals surface area contributed by atoms with Crippen LogP contribution in [0.25, 0.3) is 0 Å². The van der Waals surface area contributed by atoms with Crippen molar-refractivity contribution in [1.29, 1.82) is 0 Å². The topological polar surface area (TPSA) is 41.6 Å². The highest BCUT2D eigenvalue weighted by Crippen LogP contribution is 2.40. The zero-order valence-electron chi connectivity index (χ0n) is 20.3. The van der Waals surface area contributed by atoms with E-state index in [0.29, 0.717) is 23.8 Å². The van der Waals surface area contributed by atoms with Crippen LogP contribution in [0.3, 0.4) is 0 Å². The molecule has 184 valence electrons. The van der Waals surface area contributed by atoms with E-state index in [4.69, 9.17) is 16.3 Å². The van der Waals surface area contributed by atoms with Gasteiger partial charge in [-0.2, -0.15) is 0 Å². The molecule has 1 amide bonds. The molecule has 4 nitrogen and oxygen atoms in total. The van der Waals surface area contributed by atoms with Crippen LogP contribution in [0, 0.1) is 5.92 Å². The van der Waals surface area contributed by atoms with E-state index in [1.807, 2.05) is 24.3 Å². The minimum Gasteiger partial charge on any atom is -0.376 e. The molecular formula is C27H40ClFN2O2. The number of carbonyl (C=O) groups is 1. The van der Waals surface area contributed by atoms with Crippen molar-refractivity contribution in [1.82, 2.24) is 10.2 Å². The number of hydrogen-bond donors (Lipinski definition) is 1. The largest absolute Gasteiger partial charge is 0.376 e. The summed E-state index contributed by atoms with van der Waals surface area (Å²) in [6.45, 7) is 7.79. The van der Waals surface area contributed by atoms with Gasteiger partial charge in [-0.1, -0.05) is 43.0 Å². The molecule has 2 saturated heterocycles. The summed E-state index contributed by atoms with van der Waals surface area (Å²) in [6, 6.07) is 7.64. The van der Waals surface area contributed by atoms with Gasteiger partial charge in [0.15, 0.2) is 0 Å². The Kier molecular flexibility index (Phi) is 7.72. The fraction of sp³-hybridized carbons (Fsp3) is 0.741. The summed E-state index contributed by atoms with van der Waals surface area (Å²) < 4.78 is 21.5.